The van der Waals surface area contributed by atoms with E-state index in [1.807, 2.05) is 18.9 Å². The Kier molecular flexibility index (Phi) is 5.27. The summed E-state index contributed by atoms with van der Waals surface area (Å²) in [7, 11) is 3.68. The lowest BCUT2D eigenvalue weighted by molar-refractivity contribution is -0.384. The summed E-state index contributed by atoms with van der Waals surface area (Å²) in [6, 6.07) is 6.93. The third-order valence-corrected chi connectivity index (χ3v) is 2.82. The molecule has 0 aliphatic carbocycles. The van der Waals surface area contributed by atoms with Crippen LogP contribution in [0.2, 0.25) is 0 Å². The topological polar surface area (TPSA) is 82.2 Å². The third-order valence-electron chi connectivity index (χ3n) is 2.82. The summed E-state index contributed by atoms with van der Waals surface area (Å²) in [5.74, 6) is -0.0678. The van der Waals surface area contributed by atoms with Gasteiger partial charge in [0, 0.05) is 38.0 Å². The van der Waals surface area contributed by atoms with E-state index >= 15 is 0 Å². The largest absolute Gasteiger partial charge is 0.388 e. The van der Waals surface area contributed by atoms with Gasteiger partial charge in [0.15, 0.2) is 0 Å². The van der Waals surface area contributed by atoms with E-state index in [0.717, 1.165) is 11.3 Å². The maximum atomic E-state index is 10.8. The molecule has 1 N–H and O–H groups in total. The van der Waals surface area contributed by atoms with Gasteiger partial charge in [0.05, 0.1) is 16.9 Å². The Morgan fingerprint density at radius 2 is 2.26 bits per heavy atom. The molecule has 1 atom stereocenters. The lowest BCUT2D eigenvalue weighted by atomic mass is 10.1. The fraction of sp³-hybridized carbons (Fsp3) is 0.462. The van der Waals surface area contributed by atoms with Gasteiger partial charge in [-0.15, -0.1) is 0 Å². The van der Waals surface area contributed by atoms with E-state index in [-0.39, 0.29) is 11.6 Å². The Morgan fingerprint density at radius 1 is 1.58 bits per heavy atom. The van der Waals surface area contributed by atoms with Crippen LogP contribution in [0.25, 0.3) is 0 Å². The molecule has 0 saturated heterocycles. The van der Waals surface area contributed by atoms with Crippen molar-refractivity contribution in [2.24, 2.45) is 5.92 Å². The fourth-order valence-corrected chi connectivity index (χ4v) is 1.93. The van der Waals surface area contributed by atoms with Crippen LogP contribution in [0.3, 0.4) is 0 Å². The van der Waals surface area contributed by atoms with Crippen LogP contribution in [0.1, 0.15) is 12.5 Å². The molecule has 1 aromatic carbocycles. The van der Waals surface area contributed by atoms with Crippen LogP contribution in [0.5, 0.6) is 0 Å². The number of nitrogens with one attached hydrogen (secondary N) is 1. The number of non-ortho nitro benzene ring substituents is 1. The molecule has 1 aromatic rings. The second kappa shape index (κ2) is 6.71. The fourth-order valence-electron chi connectivity index (χ4n) is 1.93. The highest BCUT2D eigenvalue weighted by molar-refractivity contribution is 5.55. The van der Waals surface area contributed by atoms with Gasteiger partial charge in [-0.05, 0) is 25.6 Å². The summed E-state index contributed by atoms with van der Waals surface area (Å²) in [4.78, 5) is 12.4. The van der Waals surface area contributed by atoms with Gasteiger partial charge in [-0.2, -0.15) is 5.26 Å². The van der Waals surface area contributed by atoms with E-state index in [1.165, 1.54) is 6.07 Å². The van der Waals surface area contributed by atoms with Crippen LogP contribution in [-0.4, -0.2) is 30.5 Å². The Balaban J connectivity index is 2.89. The van der Waals surface area contributed by atoms with Crippen molar-refractivity contribution >= 4 is 11.4 Å². The molecule has 6 heteroatoms. The van der Waals surface area contributed by atoms with Gasteiger partial charge < -0.3 is 10.2 Å². The van der Waals surface area contributed by atoms with Crippen LogP contribution < -0.4 is 5.32 Å². The van der Waals surface area contributed by atoms with Gasteiger partial charge in [0.2, 0.25) is 0 Å². The number of hydrogen-bond acceptors (Lipinski definition) is 5. The number of hydrogen-bond donors (Lipinski definition) is 1. The van der Waals surface area contributed by atoms with Gasteiger partial charge >= 0.3 is 0 Å². The second-order valence-electron chi connectivity index (χ2n) is 4.58. The first-order chi connectivity index (χ1) is 8.97. The van der Waals surface area contributed by atoms with Gasteiger partial charge in [0.1, 0.15) is 0 Å². The average molecular weight is 262 g/mol. The molecule has 0 amide bonds. The lowest BCUT2D eigenvalue weighted by Crippen LogP contribution is -2.23. The predicted octanol–water partition coefficient (Wildman–Crippen LogP) is 2.23. The normalized spacial score (nSPS) is 11.9. The van der Waals surface area contributed by atoms with Gasteiger partial charge in [0.25, 0.3) is 5.69 Å². The highest BCUT2D eigenvalue weighted by Crippen LogP contribution is 2.23. The zero-order chi connectivity index (χ0) is 14.4. The zero-order valence-electron chi connectivity index (χ0n) is 11.4. The molecule has 0 aliphatic rings. The Hall–Kier alpha value is -2.13. The summed E-state index contributed by atoms with van der Waals surface area (Å²) in [6.45, 7) is 3.04. The molecule has 0 aromatic heterocycles. The minimum Gasteiger partial charge on any atom is -0.388 e. The molecule has 0 saturated carbocycles. The summed E-state index contributed by atoms with van der Waals surface area (Å²) < 4.78 is 0. The predicted molar refractivity (Wildman–Crippen MR) is 73.8 cm³/mol. The standard InChI is InChI=1S/C13H18N4O2/c1-10(7-14)8-16(3)9-11-6-12(17(18)19)4-5-13(11)15-2/h4-6,10,15H,8-9H2,1-3H3. The molecule has 0 spiro atoms. The smallest absolute Gasteiger partial charge is 0.269 e. The zero-order valence-corrected chi connectivity index (χ0v) is 11.4. The quantitative estimate of drug-likeness (QED) is 0.628. The van der Waals surface area contributed by atoms with Crippen molar-refractivity contribution in [3.8, 4) is 6.07 Å². The van der Waals surface area contributed by atoms with Crippen molar-refractivity contribution in [1.29, 1.82) is 5.26 Å². The third kappa shape index (κ3) is 4.23. The van der Waals surface area contributed by atoms with Gasteiger partial charge in [-0.1, -0.05) is 0 Å². The Morgan fingerprint density at radius 3 is 2.79 bits per heavy atom. The maximum Gasteiger partial charge on any atom is 0.269 e. The molecule has 19 heavy (non-hydrogen) atoms. The molecule has 0 bridgehead atoms. The van der Waals surface area contributed by atoms with Crippen LogP contribution in [0.15, 0.2) is 18.2 Å². The number of nitriles is 1. The molecule has 1 unspecified atom stereocenters. The van der Waals surface area contributed by atoms with Crippen molar-refractivity contribution in [3.63, 3.8) is 0 Å². The van der Waals surface area contributed by atoms with Crippen LogP contribution in [0, 0.1) is 27.4 Å². The summed E-state index contributed by atoms with van der Waals surface area (Å²) in [5.41, 5.74) is 1.79. The molecule has 0 aliphatic heterocycles. The Labute approximate surface area is 112 Å². The molecule has 102 valence electrons. The molecule has 0 fully saturated rings. The van der Waals surface area contributed by atoms with Crippen LogP contribution in [0.4, 0.5) is 11.4 Å². The van der Waals surface area contributed by atoms with Crippen LogP contribution >= 0.6 is 0 Å². The van der Waals surface area contributed by atoms with E-state index in [0.29, 0.717) is 13.1 Å². The number of anilines is 1. The number of nitro groups is 1. The monoisotopic (exact) mass is 262 g/mol. The summed E-state index contributed by atoms with van der Waals surface area (Å²) in [5, 5.41) is 22.6. The van der Waals surface area contributed by atoms with Crippen molar-refractivity contribution in [2.45, 2.75) is 13.5 Å². The number of nitro benzene ring substituents is 1. The molecular formula is C13H18N4O2. The lowest BCUT2D eigenvalue weighted by Gasteiger charge is -2.19. The van der Waals surface area contributed by atoms with E-state index in [1.54, 1.807) is 19.2 Å². The molecule has 1 rings (SSSR count). The van der Waals surface area contributed by atoms with E-state index in [4.69, 9.17) is 5.26 Å². The van der Waals surface area contributed by atoms with Crippen molar-refractivity contribution in [1.82, 2.24) is 4.90 Å². The first-order valence-corrected chi connectivity index (χ1v) is 6.01. The van der Waals surface area contributed by atoms with Crippen molar-refractivity contribution in [2.75, 3.05) is 26.0 Å². The second-order valence-corrected chi connectivity index (χ2v) is 4.58. The molecule has 0 heterocycles. The van der Waals surface area contributed by atoms with Crippen LogP contribution in [-0.2, 0) is 6.54 Å². The average Bonchev–Trinajstić information content (AvgIpc) is 2.38. The Bertz CT molecular complexity index is 496. The van der Waals surface area contributed by atoms with Crippen molar-refractivity contribution < 1.29 is 4.92 Å². The minimum atomic E-state index is -0.402. The highest BCUT2D eigenvalue weighted by Gasteiger charge is 2.13. The molecule has 6 nitrogen and oxygen atoms in total. The number of benzene rings is 1. The van der Waals surface area contributed by atoms with E-state index in [9.17, 15) is 10.1 Å². The van der Waals surface area contributed by atoms with Crippen molar-refractivity contribution in [3.05, 3.63) is 33.9 Å². The van der Waals surface area contributed by atoms with E-state index in [2.05, 4.69) is 11.4 Å². The van der Waals surface area contributed by atoms with Gasteiger partial charge in [-0.25, -0.2) is 0 Å². The summed E-state index contributed by atoms with van der Waals surface area (Å²) in [6.07, 6.45) is 0. The maximum absolute atomic E-state index is 10.8. The summed E-state index contributed by atoms with van der Waals surface area (Å²) >= 11 is 0. The molecular weight excluding hydrogens is 244 g/mol. The first kappa shape index (κ1) is 14.9. The number of rotatable bonds is 6. The first-order valence-electron chi connectivity index (χ1n) is 6.01. The van der Waals surface area contributed by atoms with E-state index < -0.39 is 4.92 Å². The SMILES string of the molecule is CNc1ccc([N+](=O)[O-])cc1CN(C)CC(C)C#N. The molecule has 0 radical (unpaired) electrons. The highest BCUT2D eigenvalue weighted by atomic mass is 16.6. The minimum absolute atomic E-state index is 0.0678. The van der Waals surface area contributed by atoms with Gasteiger partial charge in [-0.3, -0.25) is 10.1 Å². The number of nitrogens with zero attached hydrogens (tertiary/aromatic N) is 3.